The smallest absolute Gasteiger partial charge is 0.00199 e. The third kappa shape index (κ3) is 0.977. The summed E-state index contributed by atoms with van der Waals surface area (Å²) in [5, 5.41) is 3.17. The zero-order valence-electron chi connectivity index (χ0n) is 3.83. The van der Waals surface area contributed by atoms with Crippen LogP contribution in [0.5, 0.6) is 0 Å². The number of hydrogen-bond acceptors (Lipinski definition) is 1. The Morgan fingerprint density at radius 1 is 1.50 bits per heavy atom. The van der Waals surface area contributed by atoms with E-state index in [2.05, 4.69) is 11.7 Å². The Bertz CT molecular complexity index is 19.4. The number of piperidine rings is 1. The predicted molar refractivity (Wildman–Crippen MR) is 25.3 cm³/mol. The lowest BCUT2D eigenvalue weighted by molar-refractivity contribution is 0.604. The van der Waals surface area contributed by atoms with Crippen LogP contribution in [0, 0.1) is 6.42 Å². The van der Waals surface area contributed by atoms with E-state index in [1.807, 2.05) is 0 Å². The van der Waals surface area contributed by atoms with E-state index in [0.29, 0.717) is 0 Å². The van der Waals surface area contributed by atoms with Crippen LogP contribution in [-0.2, 0) is 0 Å². The van der Waals surface area contributed by atoms with Gasteiger partial charge in [-0.25, -0.2) is 0 Å². The molecule has 0 atom stereocenters. The summed E-state index contributed by atoms with van der Waals surface area (Å²) in [5.74, 6) is 0. The Hall–Kier alpha value is -0.0400. The molecule has 1 rings (SSSR count). The average molecular weight is 83.1 g/mol. The van der Waals surface area contributed by atoms with Crippen LogP contribution >= 0.6 is 0 Å². The van der Waals surface area contributed by atoms with E-state index in [9.17, 15) is 0 Å². The molecule has 1 aliphatic rings. The standard InChI is InChI=1S/C5H9N/c1-2-4-6-5-3-1/h6H,1-2,4-5H2. The van der Waals surface area contributed by atoms with Gasteiger partial charge in [0, 0.05) is 6.54 Å². The van der Waals surface area contributed by atoms with Crippen LogP contribution < -0.4 is 5.32 Å². The molecule has 0 bridgehead atoms. The maximum Gasteiger partial charge on any atom is 0.00199 e. The zero-order valence-corrected chi connectivity index (χ0v) is 3.83. The van der Waals surface area contributed by atoms with E-state index < -0.39 is 0 Å². The molecule has 6 heavy (non-hydrogen) atoms. The summed E-state index contributed by atoms with van der Waals surface area (Å²) >= 11 is 0. The highest BCUT2D eigenvalue weighted by Crippen LogP contribution is 1.95. The maximum absolute atomic E-state index is 3.17. The molecule has 1 saturated heterocycles. The third-order valence-corrected chi connectivity index (χ3v) is 0.957. The molecule has 0 aromatic carbocycles. The van der Waals surface area contributed by atoms with Gasteiger partial charge in [-0.1, -0.05) is 0 Å². The van der Waals surface area contributed by atoms with Crippen molar-refractivity contribution in [1.82, 2.24) is 5.32 Å². The molecule has 1 fully saturated rings. The van der Waals surface area contributed by atoms with Gasteiger partial charge >= 0.3 is 0 Å². The monoisotopic (exact) mass is 83.1 g/mol. The Labute approximate surface area is 38.7 Å². The quantitative estimate of drug-likeness (QED) is 0.448. The first-order valence-electron chi connectivity index (χ1n) is 2.41. The Kier molecular flexibility index (Phi) is 1.51. The van der Waals surface area contributed by atoms with Crippen molar-refractivity contribution < 1.29 is 0 Å². The largest absolute Gasteiger partial charge is 0.316 e. The van der Waals surface area contributed by atoms with Gasteiger partial charge in [0.05, 0.1) is 0 Å². The van der Waals surface area contributed by atoms with Crippen LogP contribution in [0.3, 0.4) is 0 Å². The van der Waals surface area contributed by atoms with E-state index in [-0.39, 0.29) is 0 Å². The molecule has 1 aliphatic heterocycles. The average Bonchev–Trinajstić information content (AvgIpc) is 1.72. The van der Waals surface area contributed by atoms with Crippen molar-refractivity contribution in [3.63, 3.8) is 0 Å². The van der Waals surface area contributed by atoms with Gasteiger partial charge in [0.2, 0.25) is 0 Å². The highest BCUT2D eigenvalue weighted by atomic mass is 14.9. The van der Waals surface area contributed by atoms with Crippen LogP contribution in [0.2, 0.25) is 0 Å². The predicted octanol–water partition coefficient (Wildman–Crippen LogP) is 0.451. The topological polar surface area (TPSA) is 12.0 Å². The first kappa shape index (κ1) is 4.13. The van der Waals surface area contributed by atoms with Crippen LogP contribution in [0.25, 0.3) is 0 Å². The molecule has 0 aliphatic carbocycles. The fraction of sp³-hybridized carbons (Fsp3) is 0.800. The van der Waals surface area contributed by atoms with E-state index in [0.717, 1.165) is 6.54 Å². The summed E-state index contributed by atoms with van der Waals surface area (Å²) in [5.41, 5.74) is 0. The van der Waals surface area contributed by atoms with Gasteiger partial charge in [0.15, 0.2) is 0 Å². The normalized spacial score (nSPS) is 24.0. The van der Waals surface area contributed by atoms with Crippen LogP contribution in [0.4, 0.5) is 0 Å². The number of rotatable bonds is 0. The fourth-order valence-corrected chi connectivity index (χ4v) is 0.604. The fourth-order valence-electron chi connectivity index (χ4n) is 0.604. The van der Waals surface area contributed by atoms with E-state index in [1.165, 1.54) is 19.4 Å². The lowest BCUT2D eigenvalue weighted by Gasteiger charge is -2.07. The van der Waals surface area contributed by atoms with Crippen molar-refractivity contribution in [2.24, 2.45) is 0 Å². The molecule has 34 valence electrons. The molecule has 0 aromatic rings. The molecule has 1 heteroatoms. The zero-order chi connectivity index (χ0) is 4.24. The Balaban J connectivity index is 2.00. The van der Waals surface area contributed by atoms with Crippen molar-refractivity contribution >= 4 is 0 Å². The second-order valence-corrected chi connectivity index (χ2v) is 1.53. The molecule has 1 heterocycles. The molecule has 2 radical (unpaired) electrons. The molecule has 1 N–H and O–H groups in total. The molecule has 0 aromatic heterocycles. The molecule has 1 nitrogen and oxygen atoms in total. The maximum atomic E-state index is 3.17. The molecular formula is C5H9N. The van der Waals surface area contributed by atoms with E-state index in [1.54, 1.807) is 0 Å². The Morgan fingerprint density at radius 3 is 2.67 bits per heavy atom. The van der Waals surface area contributed by atoms with Crippen LogP contribution in [0.15, 0.2) is 0 Å². The molecule has 0 amide bonds. The third-order valence-electron chi connectivity index (χ3n) is 0.957. The van der Waals surface area contributed by atoms with Gasteiger partial charge in [-0.05, 0) is 25.8 Å². The van der Waals surface area contributed by atoms with Gasteiger partial charge in [-0.15, -0.1) is 0 Å². The van der Waals surface area contributed by atoms with Crippen LogP contribution in [0.1, 0.15) is 12.8 Å². The van der Waals surface area contributed by atoms with Gasteiger partial charge in [0.1, 0.15) is 0 Å². The van der Waals surface area contributed by atoms with Crippen molar-refractivity contribution in [2.75, 3.05) is 13.1 Å². The SMILES string of the molecule is [C]1CCCNC1. The highest BCUT2D eigenvalue weighted by Gasteiger charge is 1.94. The summed E-state index contributed by atoms with van der Waals surface area (Å²) in [6.45, 7) is 2.19. The minimum Gasteiger partial charge on any atom is -0.316 e. The summed E-state index contributed by atoms with van der Waals surface area (Å²) < 4.78 is 0. The highest BCUT2D eigenvalue weighted by molar-refractivity contribution is 4.72. The molecular weight excluding hydrogens is 74.1 g/mol. The second kappa shape index (κ2) is 2.19. The van der Waals surface area contributed by atoms with Gasteiger partial charge < -0.3 is 5.32 Å². The molecule has 0 unspecified atom stereocenters. The van der Waals surface area contributed by atoms with Crippen molar-refractivity contribution in [3.05, 3.63) is 6.42 Å². The Morgan fingerprint density at radius 2 is 2.50 bits per heavy atom. The number of nitrogens with one attached hydrogen (secondary N) is 1. The summed E-state index contributed by atoms with van der Waals surface area (Å²) in [7, 11) is 0. The first-order valence-corrected chi connectivity index (χ1v) is 2.41. The second-order valence-electron chi connectivity index (χ2n) is 1.53. The summed E-state index contributed by atoms with van der Waals surface area (Å²) in [4.78, 5) is 0. The van der Waals surface area contributed by atoms with Gasteiger partial charge in [-0.3, -0.25) is 0 Å². The lowest BCUT2D eigenvalue weighted by Crippen LogP contribution is -2.21. The summed E-state index contributed by atoms with van der Waals surface area (Å²) in [6.07, 6.45) is 5.64. The number of hydrogen-bond donors (Lipinski definition) is 1. The van der Waals surface area contributed by atoms with E-state index in [4.69, 9.17) is 0 Å². The lowest BCUT2D eigenvalue weighted by atomic mass is 10.2. The first-order chi connectivity index (χ1) is 3.00. The van der Waals surface area contributed by atoms with Crippen molar-refractivity contribution in [1.29, 1.82) is 0 Å². The van der Waals surface area contributed by atoms with Crippen molar-refractivity contribution in [3.8, 4) is 0 Å². The van der Waals surface area contributed by atoms with Gasteiger partial charge in [-0.2, -0.15) is 0 Å². The van der Waals surface area contributed by atoms with Crippen LogP contribution in [-0.4, -0.2) is 13.1 Å². The van der Waals surface area contributed by atoms with Gasteiger partial charge in [0.25, 0.3) is 0 Å². The molecule has 0 spiro atoms. The summed E-state index contributed by atoms with van der Waals surface area (Å²) in [6, 6.07) is 0. The van der Waals surface area contributed by atoms with Crippen molar-refractivity contribution in [2.45, 2.75) is 12.8 Å². The molecule has 0 saturated carbocycles. The minimum atomic E-state index is 1.00. The minimum absolute atomic E-state index is 1.00. The van der Waals surface area contributed by atoms with E-state index >= 15 is 0 Å².